The normalized spacial score (nSPS) is 18.7. The van der Waals surface area contributed by atoms with Crippen molar-refractivity contribution in [2.75, 3.05) is 20.2 Å². The van der Waals surface area contributed by atoms with Crippen molar-refractivity contribution < 1.29 is 14.3 Å². The van der Waals surface area contributed by atoms with Crippen molar-refractivity contribution in [2.24, 2.45) is 11.8 Å². The summed E-state index contributed by atoms with van der Waals surface area (Å²) in [5.74, 6) is 0.431. The van der Waals surface area contributed by atoms with Gasteiger partial charge in [0.2, 0.25) is 5.91 Å². The quantitative estimate of drug-likeness (QED) is 0.734. The van der Waals surface area contributed by atoms with Gasteiger partial charge in [0.25, 0.3) is 0 Å². The largest absolute Gasteiger partial charge is 0.467 e. The topological polar surface area (TPSA) is 67.4 Å². The molecule has 0 saturated carbocycles. The van der Waals surface area contributed by atoms with E-state index in [1.807, 2.05) is 0 Å². The smallest absolute Gasteiger partial charge is 0.330 e. The van der Waals surface area contributed by atoms with E-state index in [-0.39, 0.29) is 5.91 Å². The first kappa shape index (κ1) is 16.0. The Labute approximate surface area is 115 Å². The zero-order valence-corrected chi connectivity index (χ0v) is 12.4. The summed E-state index contributed by atoms with van der Waals surface area (Å²) in [6, 6.07) is 0. The SMILES string of the molecule is COC(=O)C(C)(C)NC(=O)CC(C)C1CCNCC1. The van der Waals surface area contributed by atoms with Crippen LogP contribution in [-0.4, -0.2) is 37.6 Å². The summed E-state index contributed by atoms with van der Waals surface area (Å²) in [6.45, 7) is 7.49. The van der Waals surface area contributed by atoms with Gasteiger partial charge in [0.05, 0.1) is 7.11 Å². The second-order valence-corrected chi connectivity index (χ2v) is 5.93. The average Bonchev–Trinajstić information content (AvgIpc) is 2.37. The predicted molar refractivity (Wildman–Crippen MR) is 73.6 cm³/mol. The molecule has 2 N–H and O–H groups in total. The van der Waals surface area contributed by atoms with Gasteiger partial charge < -0.3 is 15.4 Å². The van der Waals surface area contributed by atoms with E-state index in [2.05, 4.69) is 22.3 Å². The van der Waals surface area contributed by atoms with Gasteiger partial charge in [-0.1, -0.05) is 6.92 Å². The highest BCUT2D eigenvalue weighted by atomic mass is 16.5. The van der Waals surface area contributed by atoms with E-state index in [9.17, 15) is 9.59 Å². The van der Waals surface area contributed by atoms with Gasteiger partial charge in [-0.15, -0.1) is 0 Å². The number of hydrogen-bond acceptors (Lipinski definition) is 4. The second-order valence-electron chi connectivity index (χ2n) is 5.93. The van der Waals surface area contributed by atoms with E-state index in [1.54, 1.807) is 13.8 Å². The number of methoxy groups -OCH3 is 1. The Morgan fingerprint density at radius 2 is 1.95 bits per heavy atom. The molecule has 19 heavy (non-hydrogen) atoms. The van der Waals surface area contributed by atoms with Crippen molar-refractivity contribution in [1.82, 2.24) is 10.6 Å². The third-order valence-electron chi connectivity index (χ3n) is 3.84. The van der Waals surface area contributed by atoms with Gasteiger partial charge >= 0.3 is 5.97 Å². The average molecular weight is 270 g/mol. The molecule has 0 aromatic carbocycles. The molecule has 5 nitrogen and oxygen atoms in total. The molecule has 1 amide bonds. The van der Waals surface area contributed by atoms with Crippen LogP contribution < -0.4 is 10.6 Å². The first-order chi connectivity index (χ1) is 8.86. The van der Waals surface area contributed by atoms with Crippen molar-refractivity contribution in [3.05, 3.63) is 0 Å². The van der Waals surface area contributed by atoms with Gasteiger partial charge in [0.15, 0.2) is 0 Å². The Morgan fingerprint density at radius 1 is 1.37 bits per heavy atom. The highest BCUT2D eigenvalue weighted by molar-refractivity contribution is 5.87. The fraction of sp³-hybridized carbons (Fsp3) is 0.857. The van der Waals surface area contributed by atoms with Crippen molar-refractivity contribution in [3.8, 4) is 0 Å². The number of carbonyl (C=O) groups is 2. The third kappa shape index (κ3) is 4.82. The lowest BCUT2D eigenvalue weighted by Gasteiger charge is -2.29. The lowest BCUT2D eigenvalue weighted by molar-refractivity contribution is -0.149. The number of rotatable bonds is 5. The molecule has 1 aliphatic rings. The molecule has 1 atom stereocenters. The summed E-state index contributed by atoms with van der Waals surface area (Å²) >= 11 is 0. The molecule has 0 aliphatic carbocycles. The third-order valence-corrected chi connectivity index (χ3v) is 3.84. The van der Waals surface area contributed by atoms with Gasteiger partial charge in [-0.2, -0.15) is 0 Å². The van der Waals surface area contributed by atoms with Crippen molar-refractivity contribution in [3.63, 3.8) is 0 Å². The molecule has 0 radical (unpaired) electrons. The predicted octanol–water partition coefficient (Wildman–Crippen LogP) is 1.08. The number of ether oxygens (including phenoxy) is 1. The number of nitrogens with one attached hydrogen (secondary N) is 2. The number of piperidine rings is 1. The first-order valence-corrected chi connectivity index (χ1v) is 6.97. The van der Waals surface area contributed by atoms with Crippen LogP contribution in [0.3, 0.4) is 0 Å². The fourth-order valence-corrected chi connectivity index (χ4v) is 2.58. The number of hydrogen-bond donors (Lipinski definition) is 2. The maximum absolute atomic E-state index is 12.0. The molecule has 1 unspecified atom stereocenters. The van der Waals surface area contributed by atoms with Crippen LogP contribution in [-0.2, 0) is 14.3 Å². The molecule has 0 spiro atoms. The van der Waals surface area contributed by atoms with Gasteiger partial charge in [-0.3, -0.25) is 4.79 Å². The van der Waals surface area contributed by atoms with Crippen LogP contribution >= 0.6 is 0 Å². The summed E-state index contributed by atoms with van der Waals surface area (Å²) in [6.07, 6.45) is 2.70. The highest BCUT2D eigenvalue weighted by Crippen LogP contribution is 2.24. The van der Waals surface area contributed by atoms with Gasteiger partial charge in [-0.05, 0) is 51.6 Å². The zero-order chi connectivity index (χ0) is 14.5. The number of carbonyl (C=O) groups excluding carboxylic acids is 2. The maximum atomic E-state index is 12.0. The van der Waals surface area contributed by atoms with Crippen LogP contribution in [0.1, 0.15) is 40.0 Å². The minimum Gasteiger partial charge on any atom is -0.467 e. The summed E-state index contributed by atoms with van der Waals surface area (Å²) in [7, 11) is 1.33. The van der Waals surface area contributed by atoms with E-state index in [4.69, 9.17) is 0 Å². The maximum Gasteiger partial charge on any atom is 0.330 e. The molecule has 110 valence electrons. The molecule has 1 heterocycles. The monoisotopic (exact) mass is 270 g/mol. The minimum atomic E-state index is -0.959. The summed E-state index contributed by atoms with van der Waals surface area (Å²) < 4.78 is 4.68. The molecule has 5 heteroatoms. The Bertz CT molecular complexity index is 323. The number of esters is 1. The van der Waals surface area contributed by atoms with Crippen LogP contribution in [0.4, 0.5) is 0 Å². The van der Waals surface area contributed by atoms with E-state index in [1.165, 1.54) is 7.11 Å². The molecule has 1 aliphatic heterocycles. The lowest BCUT2D eigenvalue weighted by atomic mass is 9.84. The highest BCUT2D eigenvalue weighted by Gasteiger charge is 2.31. The van der Waals surface area contributed by atoms with Crippen LogP contribution in [0, 0.1) is 11.8 Å². The molecule has 1 fully saturated rings. The zero-order valence-electron chi connectivity index (χ0n) is 12.4. The Kier molecular flexibility index (Phi) is 5.79. The molecule has 1 rings (SSSR count). The first-order valence-electron chi connectivity index (χ1n) is 6.97. The van der Waals surface area contributed by atoms with Gasteiger partial charge in [0.1, 0.15) is 5.54 Å². The van der Waals surface area contributed by atoms with E-state index < -0.39 is 11.5 Å². The molecule has 0 bridgehead atoms. The molecule has 1 saturated heterocycles. The van der Waals surface area contributed by atoms with Crippen LogP contribution in [0.15, 0.2) is 0 Å². The van der Waals surface area contributed by atoms with E-state index in [0.717, 1.165) is 25.9 Å². The molecular formula is C14H26N2O3. The molecule has 0 aromatic rings. The summed E-state index contributed by atoms with van der Waals surface area (Å²) in [5.41, 5.74) is -0.959. The van der Waals surface area contributed by atoms with E-state index in [0.29, 0.717) is 18.3 Å². The second kappa shape index (κ2) is 6.89. The van der Waals surface area contributed by atoms with Crippen molar-refractivity contribution >= 4 is 11.9 Å². The summed E-state index contributed by atoms with van der Waals surface area (Å²) in [4.78, 5) is 23.5. The number of amides is 1. The van der Waals surface area contributed by atoms with E-state index >= 15 is 0 Å². The Hall–Kier alpha value is -1.10. The fourth-order valence-electron chi connectivity index (χ4n) is 2.58. The Balaban J connectivity index is 2.43. The molecule has 0 aromatic heterocycles. The minimum absolute atomic E-state index is 0.0820. The van der Waals surface area contributed by atoms with Gasteiger partial charge in [-0.25, -0.2) is 4.79 Å². The van der Waals surface area contributed by atoms with Crippen molar-refractivity contribution in [1.29, 1.82) is 0 Å². The van der Waals surface area contributed by atoms with Crippen LogP contribution in [0.2, 0.25) is 0 Å². The Morgan fingerprint density at radius 3 is 2.47 bits per heavy atom. The molecular weight excluding hydrogens is 244 g/mol. The summed E-state index contributed by atoms with van der Waals surface area (Å²) in [5, 5.41) is 6.07. The van der Waals surface area contributed by atoms with Crippen molar-refractivity contribution in [2.45, 2.75) is 45.6 Å². The van der Waals surface area contributed by atoms with Crippen LogP contribution in [0.25, 0.3) is 0 Å². The lowest BCUT2D eigenvalue weighted by Crippen LogP contribution is -2.50. The van der Waals surface area contributed by atoms with Gasteiger partial charge in [0, 0.05) is 6.42 Å². The van der Waals surface area contributed by atoms with Crippen LogP contribution in [0.5, 0.6) is 0 Å². The standard InChI is InChI=1S/C14H26N2O3/c1-10(11-5-7-15-8-6-11)9-12(17)16-14(2,3)13(18)19-4/h10-11,15H,5-9H2,1-4H3,(H,16,17).